The van der Waals surface area contributed by atoms with Crippen LogP contribution in [0.4, 0.5) is 11.5 Å². The van der Waals surface area contributed by atoms with Crippen molar-refractivity contribution in [3.8, 4) is 0 Å². The Morgan fingerprint density at radius 2 is 1.73 bits per heavy atom. The predicted molar refractivity (Wildman–Crippen MR) is 125 cm³/mol. The number of hydrogen-bond donors (Lipinski definition) is 1. The van der Waals surface area contributed by atoms with Gasteiger partial charge in [0.1, 0.15) is 5.82 Å². The maximum atomic E-state index is 13.2. The maximum Gasteiger partial charge on any atom is 0.229 e. The molecule has 8 nitrogen and oxygen atoms in total. The van der Waals surface area contributed by atoms with Crippen LogP contribution in [0.3, 0.4) is 0 Å². The standard InChI is InChI=1S/C23H16ClN5O3S/c1-14(30)15-7-10-17(11-8-15)25-21-19-13-16(24)9-12-20(19)29-22(26-21)23(27-28-29)33(31,32)18-5-3-2-4-6-18/h2-13H,1H3,(H,25,26). The molecule has 0 radical (unpaired) electrons. The summed E-state index contributed by atoms with van der Waals surface area (Å²) >= 11 is 6.22. The van der Waals surface area contributed by atoms with Crippen LogP contribution in [0.1, 0.15) is 17.3 Å². The second-order valence-electron chi connectivity index (χ2n) is 7.33. The number of sulfone groups is 1. The molecule has 0 spiro atoms. The molecule has 5 rings (SSSR count). The highest BCUT2D eigenvalue weighted by atomic mass is 35.5. The molecule has 0 atom stereocenters. The van der Waals surface area contributed by atoms with Crippen molar-refractivity contribution in [2.75, 3.05) is 5.32 Å². The lowest BCUT2D eigenvalue weighted by molar-refractivity contribution is 0.101. The first-order chi connectivity index (χ1) is 15.8. The Bertz CT molecular complexity index is 1630. The summed E-state index contributed by atoms with van der Waals surface area (Å²) in [7, 11) is -3.95. The zero-order chi connectivity index (χ0) is 23.2. The van der Waals surface area contributed by atoms with Gasteiger partial charge in [-0.1, -0.05) is 35.0 Å². The molecular weight excluding hydrogens is 462 g/mol. The van der Waals surface area contributed by atoms with Crippen LogP contribution in [0.5, 0.6) is 0 Å². The molecule has 33 heavy (non-hydrogen) atoms. The normalized spacial score (nSPS) is 11.7. The Morgan fingerprint density at radius 3 is 2.42 bits per heavy atom. The highest BCUT2D eigenvalue weighted by Crippen LogP contribution is 2.31. The van der Waals surface area contributed by atoms with E-state index in [2.05, 4.69) is 20.6 Å². The third kappa shape index (κ3) is 3.71. The molecule has 0 saturated heterocycles. The first kappa shape index (κ1) is 21.0. The minimum absolute atomic E-state index is 0.0422. The van der Waals surface area contributed by atoms with E-state index in [1.807, 2.05) is 0 Å². The SMILES string of the molecule is CC(=O)c1ccc(Nc2nc3c(S(=O)(=O)c4ccccc4)nnn3c3ccc(Cl)cc23)cc1. The van der Waals surface area contributed by atoms with E-state index in [-0.39, 0.29) is 21.4 Å². The molecule has 0 bridgehead atoms. The number of halogens is 1. The third-order valence-electron chi connectivity index (χ3n) is 5.14. The van der Waals surface area contributed by atoms with Gasteiger partial charge in [0.25, 0.3) is 0 Å². The van der Waals surface area contributed by atoms with Gasteiger partial charge in [0.2, 0.25) is 14.9 Å². The van der Waals surface area contributed by atoms with Gasteiger partial charge in [0.15, 0.2) is 11.4 Å². The van der Waals surface area contributed by atoms with Crippen LogP contribution in [0.2, 0.25) is 5.02 Å². The van der Waals surface area contributed by atoms with Gasteiger partial charge in [-0.3, -0.25) is 4.79 Å². The van der Waals surface area contributed by atoms with E-state index in [0.29, 0.717) is 33.0 Å². The van der Waals surface area contributed by atoms with Crippen molar-refractivity contribution in [1.29, 1.82) is 0 Å². The Balaban J connectivity index is 1.71. The topological polar surface area (TPSA) is 106 Å². The van der Waals surface area contributed by atoms with Gasteiger partial charge in [0.05, 0.1) is 10.4 Å². The number of carbonyl (C=O) groups excluding carboxylic acids is 1. The summed E-state index contributed by atoms with van der Waals surface area (Å²) in [5, 5.41) is 12.1. The number of benzene rings is 3. The smallest absolute Gasteiger partial charge is 0.229 e. The molecule has 0 fully saturated rings. The molecule has 2 aromatic heterocycles. The molecule has 0 aliphatic carbocycles. The summed E-state index contributed by atoms with van der Waals surface area (Å²) in [6.07, 6.45) is 0. The van der Waals surface area contributed by atoms with Crippen molar-refractivity contribution >= 4 is 55.3 Å². The average Bonchev–Trinajstić information content (AvgIpc) is 3.25. The summed E-state index contributed by atoms with van der Waals surface area (Å²) in [4.78, 5) is 16.2. The van der Waals surface area contributed by atoms with E-state index < -0.39 is 9.84 Å². The lowest BCUT2D eigenvalue weighted by Crippen LogP contribution is -2.05. The van der Waals surface area contributed by atoms with Crippen molar-refractivity contribution in [2.45, 2.75) is 16.8 Å². The van der Waals surface area contributed by atoms with Gasteiger partial charge in [-0.2, -0.15) is 4.52 Å². The van der Waals surface area contributed by atoms with E-state index in [0.717, 1.165) is 0 Å². The fourth-order valence-corrected chi connectivity index (χ4v) is 4.90. The molecule has 1 N–H and O–H groups in total. The molecule has 0 aliphatic heterocycles. The number of nitrogens with zero attached hydrogens (tertiary/aromatic N) is 4. The minimum atomic E-state index is -3.95. The van der Waals surface area contributed by atoms with E-state index in [1.54, 1.807) is 60.7 Å². The number of fused-ring (bicyclic) bond motifs is 3. The number of anilines is 2. The van der Waals surface area contributed by atoms with Crippen molar-refractivity contribution in [3.63, 3.8) is 0 Å². The molecule has 10 heteroatoms. The summed E-state index contributed by atoms with van der Waals surface area (Å²) in [5.74, 6) is 0.335. The number of carbonyl (C=O) groups is 1. The first-order valence-corrected chi connectivity index (χ1v) is 11.7. The highest BCUT2D eigenvalue weighted by molar-refractivity contribution is 7.91. The number of aromatic nitrogens is 4. The fraction of sp³-hybridized carbons (Fsp3) is 0.0435. The summed E-state index contributed by atoms with van der Waals surface area (Å²) in [6.45, 7) is 1.49. The largest absolute Gasteiger partial charge is 0.340 e. The number of Topliss-reactive ketones (excluding diaryl/α,β-unsaturated/α-hetero) is 1. The highest BCUT2D eigenvalue weighted by Gasteiger charge is 2.27. The molecule has 0 unspecified atom stereocenters. The van der Waals surface area contributed by atoms with Gasteiger partial charge in [-0.25, -0.2) is 13.4 Å². The van der Waals surface area contributed by atoms with E-state index in [4.69, 9.17) is 11.6 Å². The molecule has 0 amide bonds. The molecule has 2 heterocycles. The average molecular weight is 478 g/mol. The quantitative estimate of drug-likeness (QED) is 0.365. The monoisotopic (exact) mass is 477 g/mol. The second kappa shape index (κ2) is 7.95. The predicted octanol–water partition coefficient (Wildman–Crippen LogP) is 4.71. The van der Waals surface area contributed by atoms with Crippen LogP contribution in [-0.4, -0.2) is 34.0 Å². The maximum absolute atomic E-state index is 13.2. The third-order valence-corrected chi connectivity index (χ3v) is 7.04. The summed E-state index contributed by atoms with van der Waals surface area (Å²) < 4.78 is 27.9. The van der Waals surface area contributed by atoms with E-state index in [9.17, 15) is 13.2 Å². The van der Waals surface area contributed by atoms with Crippen molar-refractivity contribution in [2.24, 2.45) is 0 Å². The Hall–Kier alpha value is -3.82. The first-order valence-electron chi connectivity index (χ1n) is 9.87. The van der Waals surface area contributed by atoms with E-state index >= 15 is 0 Å². The van der Waals surface area contributed by atoms with Gasteiger partial charge < -0.3 is 5.32 Å². The molecule has 3 aromatic carbocycles. The molecule has 0 aliphatic rings. The second-order valence-corrected chi connectivity index (χ2v) is 9.63. The summed E-state index contributed by atoms with van der Waals surface area (Å²) in [5.41, 5.74) is 1.90. The molecule has 0 saturated carbocycles. The van der Waals surface area contributed by atoms with Gasteiger partial charge >= 0.3 is 0 Å². The number of hydrogen-bond acceptors (Lipinski definition) is 7. The lowest BCUT2D eigenvalue weighted by Gasteiger charge is -2.11. The Kier molecular flexibility index (Phi) is 5.07. The molecular formula is C23H16ClN5O3S. The van der Waals surface area contributed by atoms with Crippen LogP contribution >= 0.6 is 11.6 Å². The van der Waals surface area contributed by atoms with Gasteiger partial charge in [-0.05, 0) is 61.5 Å². The zero-order valence-electron chi connectivity index (χ0n) is 17.2. The lowest BCUT2D eigenvalue weighted by atomic mass is 10.1. The van der Waals surface area contributed by atoms with Crippen LogP contribution in [0, 0.1) is 0 Å². The number of ketones is 1. The van der Waals surface area contributed by atoms with Gasteiger partial charge in [-0.15, -0.1) is 5.10 Å². The van der Waals surface area contributed by atoms with Crippen LogP contribution < -0.4 is 5.32 Å². The molecule has 164 valence electrons. The summed E-state index contributed by atoms with van der Waals surface area (Å²) in [6, 6.07) is 20.0. The van der Waals surface area contributed by atoms with Crippen LogP contribution in [0.15, 0.2) is 82.7 Å². The number of nitrogens with one attached hydrogen (secondary N) is 1. The zero-order valence-corrected chi connectivity index (χ0v) is 18.8. The minimum Gasteiger partial charge on any atom is -0.340 e. The van der Waals surface area contributed by atoms with Crippen LogP contribution in [-0.2, 0) is 9.84 Å². The van der Waals surface area contributed by atoms with Crippen molar-refractivity contribution < 1.29 is 13.2 Å². The molecule has 5 aromatic rings. The van der Waals surface area contributed by atoms with Crippen molar-refractivity contribution in [1.82, 2.24) is 19.8 Å². The number of rotatable bonds is 5. The Labute approximate surface area is 193 Å². The van der Waals surface area contributed by atoms with Crippen molar-refractivity contribution in [3.05, 3.63) is 83.4 Å². The Morgan fingerprint density at radius 1 is 1.00 bits per heavy atom. The van der Waals surface area contributed by atoms with Gasteiger partial charge in [0, 0.05) is 21.7 Å². The van der Waals surface area contributed by atoms with Crippen LogP contribution in [0.25, 0.3) is 16.6 Å². The fourth-order valence-electron chi connectivity index (χ4n) is 3.47. The van der Waals surface area contributed by atoms with E-state index in [1.165, 1.54) is 23.6 Å².